The van der Waals surface area contributed by atoms with Crippen LogP contribution >= 0.6 is 12.2 Å². The fraction of sp³-hybridized carbons (Fsp3) is 0.222. The van der Waals surface area contributed by atoms with Gasteiger partial charge in [-0.05, 0) is 49.8 Å². The molecule has 0 aliphatic heterocycles. The van der Waals surface area contributed by atoms with E-state index in [1.807, 2.05) is 12.2 Å². The number of rotatable bonds is 4. The lowest BCUT2D eigenvalue weighted by molar-refractivity contribution is -0.156. The Kier molecular flexibility index (Phi) is 6.20. The number of carbonyl (C=O) groups is 1. The predicted octanol–water partition coefficient (Wildman–Crippen LogP) is 3.91. The Bertz CT molecular complexity index is 791. The van der Waals surface area contributed by atoms with Gasteiger partial charge in [-0.1, -0.05) is 35.9 Å². The fourth-order valence-electron chi connectivity index (χ4n) is 2.12. The first-order valence-corrected chi connectivity index (χ1v) is 8.15. The van der Waals surface area contributed by atoms with E-state index in [1.165, 1.54) is 12.1 Å². The summed E-state index contributed by atoms with van der Waals surface area (Å²) in [6, 6.07) is 13.2. The van der Waals surface area contributed by atoms with Crippen LogP contribution in [0.2, 0.25) is 0 Å². The maximum absolute atomic E-state index is 13.3. The molecule has 1 unspecified atom stereocenters. The molecule has 8 heteroatoms. The lowest BCUT2D eigenvalue weighted by Crippen LogP contribution is -2.57. The lowest BCUT2D eigenvalue weighted by atomic mass is 10.1. The Morgan fingerprint density at radius 2 is 1.62 bits per heavy atom. The quantitative estimate of drug-likeness (QED) is 0.555. The minimum atomic E-state index is -4.72. The van der Waals surface area contributed by atoms with Crippen LogP contribution in [0.3, 0.4) is 0 Å². The fourth-order valence-corrected chi connectivity index (χ4v) is 2.35. The summed E-state index contributed by atoms with van der Waals surface area (Å²) >= 11 is 4.95. The molecule has 0 aliphatic carbocycles. The largest absolute Gasteiger partial charge is 0.427 e. The van der Waals surface area contributed by atoms with Crippen molar-refractivity contribution in [1.29, 1.82) is 0 Å². The number of nitrogens with one attached hydrogen (secondary N) is 3. The monoisotopic (exact) mass is 381 g/mol. The number of halogens is 3. The van der Waals surface area contributed by atoms with Crippen LogP contribution in [0.1, 0.15) is 21.5 Å². The summed E-state index contributed by atoms with van der Waals surface area (Å²) in [4.78, 5) is 12.1. The van der Waals surface area contributed by atoms with Crippen molar-refractivity contribution in [1.82, 2.24) is 10.6 Å². The number of anilines is 1. The summed E-state index contributed by atoms with van der Waals surface area (Å²) in [5.74, 6) is -0.849. The van der Waals surface area contributed by atoms with Crippen LogP contribution in [0.4, 0.5) is 18.9 Å². The Morgan fingerprint density at radius 3 is 2.19 bits per heavy atom. The number of aryl methyl sites for hydroxylation is 2. The third-order valence-corrected chi connectivity index (χ3v) is 3.81. The Labute approximate surface area is 154 Å². The maximum Gasteiger partial charge on any atom is 0.427 e. The van der Waals surface area contributed by atoms with Crippen molar-refractivity contribution in [3.63, 3.8) is 0 Å². The summed E-state index contributed by atoms with van der Waals surface area (Å²) in [5, 5.41) is 6.49. The third-order valence-electron chi connectivity index (χ3n) is 3.59. The van der Waals surface area contributed by atoms with Crippen molar-refractivity contribution in [2.45, 2.75) is 26.2 Å². The molecule has 0 saturated heterocycles. The van der Waals surface area contributed by atoms with Gasteiger partial charge in [0.05, 0.1) is 0 Å². The second kappa shape index (κ2) is 8.18. The number of hydrogen-bond donors (Lipinski definition) is 3. The van der Waals surface area contributed by atoms with E-state index in [-0.39, 0.29) is 10.7 Å². The van der Waals surface area contributed by atoms with Crippen LogP contribution in [-0.4, -0.2) is 23.4 Å². The zero-order valence-electron chi connectivity index (χ0n) is 14.1. The number of alkyl halides is 3. The molecule has 0 heterocycles. The van der Waals surface area contributed by atoms with Gasteiger partial charge in [-0.3, -0.25) is 4.79 Å². The van der Waals surface area contributed by atoms with Gasteiger partial charge in [-0.15, -0.1) is 0 Å². The average molecular weight is 381 g/mol. The van der Waals surface area contributed by atoms with Crippen molar-refractivity contribution in [2.75, 3.05) is 5.32 Å². The SMILES string of the molecule is Cc1ccc(C(=O)NC(NC(=S)Nc2ccccc2C)C(F)(F)F)cc1. The molecule has 0 aliphatic rings. The highest BCUT2D eigenvalue weighted by Crippen LogP contribution is 2.20. The molecule has 2 aromatic carbocycles. The van der Waals surface area contributed by atoms with E-state index < -0.39 is 18.2 Å². The molecule has 3 N–H and O–H groups in total. The molecule has 0 radical (unpaired) electrons. The lowest BCUT2D eigenvalue weighted by Gasteiger charge is -2.24. The zero-order chi connectivity index (χ0) is 19.3. The van der Waals surface area contributed by atoms with E-state index >= 15 is 0 Å². The van der Waals surface area contributed by atoms with Gasteiger partial charge < -0.3 is 16.0 Å². The van der Waals surface area contributed by atoms with Crippen molar-refractivity contribution >= 4 is 28.9 Å². The van der Waals surface area contributed by atoms with Gasteiger partial charge in [0.1, 0.15) is 0 Å². The molecule has 138 valence electrons. The molecule has 0 spiro atoms. The molecular formula is C18H18F3N3OS. The Balaban J connectivity index is 2.07. The van der Waals surface area contributed by atoms with E-state index in [1.54, 1.807) is 43.3 Å². The molecule has 4 nitrogen and oxygen atoms in total. The molecular weight excluding hydrogens is 363 g/mol. The standard InChI is InChI=1S/C18H18F3N3OS/c1-11-7-9-13(10-8-11)15(25)23-16(18(19,20)21)24-17(26)22-14-6-4-3-5-12(14)2/h3-10,16H,1-2H3,(H,23,25)(H2,22,24,26). The summed E-state index contributed by atoms with van der Waals surface area (Å²) in [6.45, 7) is 3.61. The number of amides is 1. The summed E-state index contributed by atoms with van der Waals surface area (Å²) in [5.41, 5.74) is 2.43. The zero-order valence-corrected chi connectivity index (χ0v) is 15.0. The van der Waals surface area contributed by atoms with Gasteiger partial charge in [0.25, 0.3) is 5.91 Å². The number of carbonyl (C=O) groups excluding carboxylic acids is 1. The van der Waals surface area contributed by atoms with Crippen LogP contribution in [0.5, 0.6) is 0 Å². The van der Waals surface area contributed by atoms with E-state index in [9.17, 15) is 18.0 Å². The van der Waals surface area contributed by atoms with Gasteiger partial charge in [-0.25, -0.2) is 0 Å². The Hall–Kier alpha value is -2.61. The van der Waals surface area contributed by atoms with Crippen LogP contribution in [-0.2, 0) is 0 Å². The van der Waals surface area contributed by atoms with Gasteiger partial charge in [0.2, 0.25) is 0 Å². The normalized spacial score (nSPS) is 12.2. The minimum Gasteiger partial charge on any atom is -0.335 e. The molecule has 0 saturated carbocycles. The molecule has 26 heavy (non-hydrogen) atoms. The van der Waals surface area contributed by atoms with Crippen molar-refractivity contribution in [2.24, 2.45) is 0 Å². The first-order valence-electron chi connectivity index (χ1n) is 7.74. The molecule has 1 amide bonds. The summed E-state index contributed by atoms with van der Waals surface area (Å²) < 4.78 is 39.8. The number of hydrogen-bond acceptors (Lipinski definition) is 2. The minimum absolute atomic E-state index is 0.129. The van der Waals surface area contributed by atoms with E-state index in [0.29, 0.717) is 5.69 Å². The molecule has 2 aromatic rings. The molecule has 0 aromatic heterocycles. The van der Waals surface area contributed by atoms with Gasteiger partial charge in [0.15, 0.2) is 11.3 Å². The molecule has 0 bridgehead atoms. The van der Waals surface area contributed by atoms with Crippen LogP contribution in [0, 0.1) is 13.8 Å². The molecule has 1 atom stereocenters. The number of thiocarbonyl (C=S) groups is 1. The van der Waals surface area contributed by atoms with Crippen molar-refractivity contribution in [3.8, 4) is 0 Å². The van der Waals surface area contributed by atoms with Gasteiger partial charge in [-0.2, -0.15) is 13.2 Å². The van der Waals surface area contributed by atoms with Crippen LogP contribution < -0.4 is 16.0 Å². The highest BCUT2D eigenvalue weighted by molar-refractivity contribution is 7.80. The smallest absolute Gasteiger partial charge is 0.335 e. The van der Waals surface area contributed by atoms with Crippen LogP contribution in [0.15, 0.2) is 48.5 Å². The van der Waals surface area contributed by atoms with Crippen molar-refractivity contribution in [3.05, 3.63) is 65.2 Å². The number of para-hydroxylation sites is 1. The van der Waals surface area contributed by atoms with Gasteiger partial charge >= 0.3 is 6.18 Å². The van der Waals surface area contributed by atoms with E-state index in [2.05, 4.69) is 10.6 Å². The second-order valence-corrected chi connectivity index (χ2v) is 6.14. The Morgan fingerprint density at radius 1 is 1.00 bits per heavy atom. The predicted molar refractivity (Wildman–Crippen MR) is 99.0 cm³/mol. The van der Waals surface area contributed by atoms with Gasteiger partial charge in [0, 0.05) is 11.3 Å². The first kappa shape index (κ1) is 19.7. The third kappa shape index (κ3) is 5.45. The van der Waals surface area contributed by atoms with E-state index in [0.717, 1.165) is 11.1 Å². The first-order chi connectivity index (χ1) is 12.2. The number of benzene rings is 2. The maximum atomic E-state index is 13.3. The molecule has 2 rings (SSSR count). The highest BCUT2D eigenvalue weighted by atomic mass is 32.1. The average Bonchev–Trinajstić information content (AvgIpc) is 2.56. The molecule has 0 fully saturated rings. The summed E-state index contributed by atoms with van der Waals surface area (Å²) in [7, 11) is 0. The van der Waals surface area contributed by atoms with Crippen LogP contribution in [0.25, 0.3) is 0 Å². The van der Waals surface area contributed by atoms with Crippen molar-refractivity contribution < 1.29 is 18.0 Å². The second-order valence-electron chi connectivity index (χ2n) is 5.73. The topological polar surface area (TPSA) is 53.2 Å². The highest BCUT2D eigenvalue weighted by Gasteiger charge is 2.41. The summed E-state index contributed by atoms with van der Waals surface area (Å²) in [6.07, 6.45) is -7.04. The van der Waals surface area contributed by atoms with E-state index in [4.69, 9.17) is 12.2 Å².